The van der Waals surface area contributed by atoms with E-state index in [9.17, 15) is 9.59 Å². The number of H-pyrrole nitrogens is 2. The number of hydrogen-bond acceptors (Lipinski definition) is 21. The van der Waals surface area contributed by atoms with E-state index in [1.807, 2.05) is 205 Å². The van der Waals surface area contributed by atoms with Crippen LogP contribution in [0.25, 0.3) is 94.2 Å². The van der Waals surface area contributed by atoms with Crippen molar-refractivity contribution in [3.8, 4) is 44.8 Å². The zero-order valence-electron chi connectivity index (χ0n) is 73.0. The van der Waals surface area contributed by atoms with Crippen molar-refractivity contribution in [3.63, 3.8) is 0 Å². The number of ketones is 1. The maximum atomic E-state index is 12.3. The van der Waals surface area contributed by atoms with Gasteiger partial charge in [-0.25, -0.2) is 49.8 Å². The van der Waals surface area contributed by atoms with E-state index in [4.69, 9.17) is 23.5 Å². The second-order valence-corrected chi connectivity index (χ2v) is 47.9. The van der Waals surface area contributed by atoms with Crippen molar-refractivity contribution < 1.29 is 33.1 Å². The molecule has 17 aromatic rings. The minimum absolute atomic E-state index is 0.100. The molecular weight excluding hydrogens is 1820 g/mol. The number of nitrogens with zero attached hydrogens (tertiary/aromatic N) is 22. The normalized spacial score (nSPS) is 13.7. The van der Waals surface area contributed by atoms with Gasteiger partial charge in [-0.3, -0.25) is 28.3 Å². The van der Waals surface area contributed by atoms with Gasteiger partial charge in [0.1, 0.15) is 79.1 Å². The number of aromatic nitrogens is 23. The van der Waals surface area contributed by atoms with Crippen molar-refractivity contribution in [2.45, 2.75) is 130 Å². The lowest BCUT2D eigenvalue weighted by atomic mass is 9.82. The monoisotopic (exact) mass is 1920 g/mol. The first-order chi connectivity index (χ1) is 60.3. The number of halogens is 3. The van der Waals surface area contributed by atoms with Crippen molar-refractivity contribution in [1.82, 2.24) is 118 Å². The van der Waals surface area contributed by atoms with Crippen LogP contribution in [0, 0.1) is 0 Å². The van der Waals surface area contributed by atoms with E-state index in [0.29, 0.717) is 33.0 Å². The number of Topliss-reactive ketones (excluding diaryl/α,β-unsaturated/α-hetero) is 1. The summed E-state index contributed by atoms with van der Waals surface area (Å²) in [5, 5.41) is 21.8. The average Bonchev–Trinajstić information content (AvgIpc) is 1.55. The molecule has 0 radical (unpaired) electrons. The average molecular weight is 1920 g/mol. The lowest BCUT2D eigenvalue weighted by Crippen LogP contribution is -2.41. The molecule has 16 heterocycles. The maximum absolute atomic E-state index is 12.3. The molecule has 2 aliphatic heterocycles. The van der Waals surface area contributed by atoms with Gasteiger partial charge in [-0.2, -0.15) is 20.4 Å². The number of carbonyl (C=O) groups is 2. The highest BCUT2D eigenvalue weighted by Crippen LogP contribution is 2.38. The van der Waals surface area contributed by atoms with Crippen LogP contribution in [-0.2, 0) is 79.9 Å². The molecule has 1 aliphatic carbocycles. The molecule has 126 heavy (non-hydrogen) atoms. The standard InChI is InChI=1S/C19H15N5O.C16H14BrNO2.C16H23N5OSi.C12H18BrN3OSi.C10H17BN2O2.C10H9N5.C6H4BrN3/c1-23-9-13(7-22-23)17-10-24(19-16(17)8-20-11-21-19)14-3-4-15-12(6-14)2-5-18(15)25;1-20-14-5-2-11(3-6-14)9-18-10-12-8-13(17)4-7-15(12)16(18)19;1-20-9-13(7-19-20)15-10-21(12-22-5-6-23(2,3)4)16-14(15)8-17-11-18-16;1-18(2,3)5-4-17-9-16-7-11(13)10-6-14-8-15-12(10)16;1-9(2)10(3,4)15-11(14-9)8-6-12-13(5)7-8;1-15-5-7(2-14-15)8-4-12-10-9(8)3-11-6-13-10;7-5-2-9-6-4(5)1-8-3-10-6/h3-4,6-11H,2,5H2,1H3;2-8H,9-10H2,1H3;7-11H,5-6,12H2,1-4H3;6-8H,4-5,9H2,1-3H3;6-7H,1-5H3;2-6H,1H3,(H,11,12,13);1-3H,(H,8,9,10). The lowest BCUT2D eigenvalue weighted by molar-refractivity contribution is 0.00578. The summed E-state index contributed by atoms with van der Waals surface area (Å²) in [6.45, 7) is 26.3. The minimum atomic E-state index is -1.06. The van der Waals surface area contributed by atoms with Crippen LogP contribution in [0.1, 0.15) is 71.5 Å². The molecule has 1 amide bonds. The Kier molecular flexibility index (Phi) is 28.4. The highest BCUT2D eigenvalue weighted by atomic mass is 79.9. The summed E-state index contributed by atoms with van der Waals surface area (Å²) in [5.74, 6) is 1.16. The number of methoxy groups -OCH3 is 1. The Labute approximate surface area is 756 Å². The van der Waals surface area contributed by atoms with Crippen LogP contribution in [0.5, 0.6) is 5.75 Å². The Morgan fingerprint density at radius 3 is 1.55 bits per heavy atom. The highest BCUT2D eigenvalue weighted by Gasteiger charge is 2.52. The molecule has 0 spiro atoms. The lowest BCUT2D eigenvalue weighted by Gasteiger charge is -2.32. The van der Waals surface area contributed by atoms with Crippen LogP contribution in [-0.4, -0.2) is 184 Å². The molecule has 0 atom stereocenters. The van der Waals surface area contributed by atoms with Crippen molar-refractivity contribution in [2.24, 2.45) is 28.2 Å². The number of benzene rings is 3. The Morgan fingerprint density at radius 2 is 0.984 bits per heavy atom. The van der Waals surface area contributed by atoms with Crippen LogP contribution in [0.4, 0.5) is 0 Å². The van der Waals surface area contributed by atoms with Crippen molar-refractivity contribution in [3.05, 3.63) is 245 Å². The van der Waals surface area contributed by atoms with E-state index in [1.165, 1.54) is 18.7 Å². The third-order valence-corrected chi connectivity index (χ3v) is 26.9. The van der Waals surface area contributed by atoms with E-state index in [1.54, 1.807) is 63.4 Å². The molecule has 14 aromatic heterocycles. The number of amides is 1. The molecule has 0 bridgehead atoms. The van der Waals surface area contributed by atoms with Gasteiger partial charge in [-0.1, -0.05) is 67.3 Å². The molecule has 3 aromatic carbocycles. The Morgan fingerprint density at radius 1 is 0.484 bits per heavy atom. The molecule has 0 saturated carbocycles. The third-order valence-electron chi connectivity index (χ3n) is 21.7. The predicted octanol–water partition coefficient (Wildman–Crippen LogP) is 17.0. The summed E-state index contributed by atoms with van der Waals surface area (Å²) in [4.78, 5) is 73.8. The fraction of sp³-hybridized carbons (Fsp3) is 0.303. The number of ether oxygens (including phenoxy) is 3. The van der Waals surface area contributed by atoms with Gasteiger partial charge in [0.2, 0.25) is 0 Å². The van der Waals surface area contributed by atoms with E-state index < -0.39 is 16.1 Å². The van der Waals surface area contributed by atoms with Gasteiger partial charge in [0.05, 0.1) is 47.7 Å². The summed E-state index contributed by atoms with van der Waals surface area (Å²) < 4.78 is 44.8. The smallest absolute Gasteiger partial charge is 0.497 e. The van der Waals surface area contributed by atoms with Crippen LogP contribution >= 0.6 is 47.8 Å². The first-order valence-corrected chi connectivity index (χ1v) is 50.7. The van der Waals surface area contributed by atoms with Gasteiger partial charge in [0, 0.05) is 255 Å². The summed E-state index contributed by atoms with van der Waals surface area (Å²) in [6.07, 6.45) is 43.3. The Bertz CT molecular complexity index is 6620. The molecular formula is C89H100BBr3N24O7Si2. The topological polar surface area (TPSA) is 330 Å². The molecule has 1 saturated heterocycles. The van der Waals surface area contributed by atoms with E-state index in [2.05, 4.69) is 190 Å². The first-order valence-electron chi connectivity index (χ1n) is 40.9. The van der Waals surface area contributed by atoms with Crippen LogP contribution in [0.2, 0.25) is 51.4 Å². The predicted molar refractivity (Wildman–Crippen MR) is 504 cm³/mol. The SMILES string of the molecule is Brc1c[nH]c2ncncc12.COc1ccc(CN2Cc3cc(Br)ccc3C2=O)cc1.C[Si](C)(C)CCOCn1cc(Br)c2cncnc21.Cn1cc(-c2c[nH]c3ncncc23)cn1.Cn1cc(-c2cn(-c3ccc4c(c3)CCC4=O)c3ncncc23)cn1.Cn1cc(-c2cn(COCC[Si](C)(C)C)c3ncncc23)cn1.Cn1cc(B2OC(C)(C)C(C)(C)O2)cn1. The molecule has 1 fully saturated rings. The minimum Gasteiger partial charge on any atom is -0.497 e. The molecule has 31 nitrogen and oxygen atoms in total. The Balaban J connectivity index is 0.000000121. The van der Waals surface area contributed by atoms with Gasteiger partial charge in [-0.15, -0.1) is 0 Å². The molecule has 2 N–H and O–H groups in total. The fourth-order valence-corrected chi connectivity index (χ4v) is 16.9. The second-order valence-electron chi connectivity index (χ2n) is 34.1. The summed E-state index contributed by atoms with van der Waals surface area (Å²) in [5.41, 5.74) is 17.1. The van der Waals surface area contributed by atoms with E-state index in [-0.39, 0.29) is 30.0 Å². The van der Waals surface area contributed by atoms with Crippen LogP contribution in [0.15, 0.2) is 217 Å². The zero-order valence-corrected chi connectivity index (χ0v) is 79.8. The van der Waals surface area contributed by atoms with Crippen molar-refractivity contribution in [1.29, 1.82) is 0 Å². The van der Waals surface area contributed by atoms with Crippen LogP contribution < -0.4 is 10.2 Å². The van der Waals surface area contributed by atoms with Crippen molar-refractivity contribution in [2.75, 3.05) is 20.3 Å². The molecule has 3 aliphatic rings. The number of rotatable bonds is 18. The van der Waals surface area contributed by atoms with E-state index >= 15 is 0 Å². The zero-order chi connectivity index (χ0) is 89.2. The number of aryl methyl sites for hydroxylation is 5. The highest BCUT2D eigenvalue weighted by molar-refractivity contribution is 9.11. The summed E-state index contributed by atoms with van der Waals surface area (Å²) in [7, 11) is 6.86. The third kappa shape index (κ3) is 22.0. The molecule has 37 heteroatoms. The summed E-state index contributed by atoms with van der Waals surface area (Å²) in [6, 6.07) is 22.0. The molecule has 650 valence electrons. The number of aromatic amines is 2. The number of hydrogen-bond donors (Lipinski definition) is 2. The number of carbonyl (C=O) groups excluding carboxylic acids is 2. The van der Waals surface area contributed by atoms with Gasteiger partial charge >= 0.3 is 7.12 Å². The fourth-order valence-electron chi connectivity index (χ4n) is 14.1. The van der Waals surface area contributed by atoms with Gasteiger partial charge in [-0.05, 0) is 143 Å². The number of fused-ring (bicyclic) bond motifs is 7. The van der Waals surface area contributed by atoms with Crippen LogP contribution in [0.3, 0.4) is 0 Å². The molecule has 20 rings (SSSR count). The second kappa shape index (κ2) is 39.5. The largest absolute Gasteiger partial charge is 0.498 e. The first kappa shape index (κ1) is 90.6. The number of nitrogens with one attached hydrogen (secondary N) is 2. The van der Waals surface area contributed by atoms with Gasteiger partial charge in [0.15, 0.2) is 5.78 Å². The van der Waals surface area contributed by atoms with Gasteiger partial charge < -0.3 is 52.1 Å². The quantitative estimate of drug-likeness (QED) is 0.0595. The summed E-state index contributed by atoms with van der Waals surface area (Å²) >= 11 is 10.3. The molecule has 0 unspecified atom stereocenters. The maximum Gasteiger partial charge on any atom is 0.498 e. The van der Waals surface area contributed by atoms with E-state index in [0.717, 1.165) is 172 Å². The van der Waals surface area contributed by atoms with Crippen molar-refractivity contribution >= 4 is 143 Å². The Hall–Kier alpha value is -11.7. The van der Waals surface area contributed by atoms with Gasteiger partial charge in [0.25, 0.3) is 5.91 Å².